The largest absolute Gasteiger partial charge is 0.298 e. The summed E-state index contributed by atoms with van der Waals surface area (Å²) >= 11 is 4.97. The molecule has 0 fully saturated rings. The Bertz CT molecular complexity index is 585. The predicted octanol–water partition coefficient (Wildman–Crippen LogP) is 3.35. The highest BCUT2D eigenvalue weighted by molar-refractivity contribution is 9.10. The molecular formula is C14H16BrN3OS. The molecule has 0 bridgehead atoms. The van der Waals surface area contributed by atoms with Crippen LogP contribution in [-0.2, 0) is 17.8 Å². The first-order valence-corrected chi connectivity index (χ1v) is 8.23. The molecule has 2 rings (SSSR count). The molecule has 0 saturated carbocycles. The maximum atomic E-state index is 12.0. The molecule has 0 aliphatic carbocycles. The van der Waals surface area contributed by atoms with Crippen molar-refractivity contribution in [1.82, 2.24) is 14.8 Å². The number of carbonyl (C=O) groups excluding carboxylic acids is 1. The van der Waals surface area contributed by atoms with Crippen molar-refractivity contribution in [2.75, 3.05) is 5.75 Å². The molecule has 0 aliphatic rings. The van der Waals surface area contributed by atoms with E-state index in [0.29, 0.717) is 12.2 Å². The minimum Gasteiger partial charge on any atom is -0.298 e. The molecule has 6 heteroatoms. The number of ketones is 1. The third-order valence-electron chi connectivity index (χ3n) is 2.68. The van der Waals surface area contributed by atoms with Crippen molar-refractivity contribution in [3.63, 3.8) is 0 Å². The summed E-state index contributed by atoms with van der Waals surface area (Å²) in [6, 6.07) is 7.95. The Morgan fingerprint density at radius 2 is 2.30 bits per heavy atom. The molecule has 1 heterocycles. The van der Waals surface area contributed by atoms with Gasteiger partial charge in [-0.3, -0.25) is 4.79 Å². The molecule has 0 unspecified atom stereocenters. The fraction of sp³-hybridized carbons (Fsp3) is 0.357. The molecule has 0 N–H and O–H groups in total. The maximum absolute atomic E-state index is 12.0. The molecule has 1 aromatic heterocycles. The molecule has 0 spiro atoms. The first kappa shape index (κ1) is 15.3. The first-order valence-electron chi connectivity index (χ1n) is 6.45. The molecule has 4 nitrogen and oxygen atoms in total. The molecule has 2 aromatic rings. The fourth-order valence-corrected chi connectivity index (χ4v) is 3.14. The van der Waals surface area contributed by atoms with E-state index in [-0.39, 0.29) is 5.78 Å². The number of carbonyl (C=O) groups is 1. The highest BCUT2D eigenvalue weighted by Gasteiger charge is 2.10. The van der Waals surface area contributed by atoms with Crippen molar-refractivity contribution < 1.29 is 4.79 Å². The third-order valence-corrected chi connectivity index (χ3v) is 4.23. The van der Waals surface area contributed by atoms with Gasteiger partial charge in [0.05, 0.1) is 12.2 Å². The van der Waals surface area contributed by atoms with Gasteiger partial charge in [0.15, 0.2) is 5.78 Å². The summed E-state index contributed by atoms with van der Waals surface area (Å²) in [5, 5.41) is 4.13. The van der Waals surface area contributed by atoms with E-state index < -0.39 is 0 Å². The number of hydrogen-bond donors (Lipinski definition) is 0. The van der Waals surface area contributed by atoms with Crippen molar-refractivity contribution in [2.24, 2.45) is 0 Å². The lowest BCUT2D eigenvalue weighted by atomic mass is 10.3. The maximum Gasteiger partial charge on any atom is 0.150 e. The Morgan fingerprint density at radius 1 is 1.45 bits per heavy atom. The van der Waals surface area contributed by atoms with E-state index in [9.17, 15) is 4.79 Å². The van der Waals surface area contributed by atoms with Crippen LogP contribution in [-0.4, -0.2) is 26.3 Å². The van der Waals surface area contributed by atoms with Gasteiger partial charge >= 0.3 is 0 Å². The topological polar surface area (TPSA) is 47.8 Å². The smallest absolute Gasteiger partial charge is 0.150 e. The fourth-order valence-electron chi connectivity index (χ4n) is 1.77. The van der Waals surface area contributed by atoms with Crippen LogP contribution >= 0.6 is 27.7 Å². The zero-order valence-corrected chi connectivity index (χ0v) is 13.7. The summed E-state index contributed by atoms with van der Waals surface area (Å²) in [5.41, 5.74) is 0. The van der Waals surface area contributed by atoms with Gasteiger partial charge in [-0.15, -0.1) is 11.8 Å². The van der Waals surface area contributed by atoms with E-state index >= 15 is 0 Å². The lowest BCUT2D eigenvalue weighted by Crippen LogP contribution is -2.12. The second kappa shape index (κ2) is 7.59. The minimum atomic E-state index is 0.167. The zero-order chi connectivity index (χ0) is 14.4. The number of nitrogens with zero attached hydrogens (tertiary/aromatic N) is 3. The summed E-state index contributed by atoms with van der Waals surface area (Å²) < 4.78 is 2.83. The average Bonchev–Trinajstić information content (AvgIpc) is 2.84. The zero-order valence-electron chi connectivity index (χ0n) is 11.3. The summed E-state index contributed by atoms with van der Waals surface area (Å²) in [6.07, 6.45) is 2.85. The normalized spacial score (nSPS) is 10.7. The molecule has 0 amide bonds. The summed E-state index contributed by atoms with van der Waals surface area (Å²) in [6.45, 7) is 2.89. The van der Waals surface area contributed by atoms with E-state index in [1.165, 1.54) is 6.33 Å². The van der Waals surface area contributed by atoms with Crippen LogP contribution in [0.1, 0.15) is 19.2 Å². The molecule has 0 aliphatic heterocycles. The van der Waals surface area contributed by atoms with Crippen LogP contribution in [0.25, 0.3) is 0 Å². The number of benzene rings is 1. The summed E-state index contributed by atoms with van der Waals surface area (Å²) in [7, 11) is 0. The number of Topliss-reactive ketones (excluding diaryl/α,β-unsaturated/α-hetero) is 1. The van der Waals surface area contributed by atoms with Crippen molar-refractivity contribution in [3.8, 4) is 0 Å². The number of thioether (sulfide) groups is 1. The van der Waals surface area contributed by atoms with Gasteiger partial charge < -0.3 is 0 Å². The number of aryl methyl sites for hydroxylation is 1. The molecular weight excluding hydrogens is 338 g/mol. The quantitative estimate of drug-likeness (QED) is 0.716. The van der Waals surface area contributed by atoms with Crippen LogP contribution in [0.3, 0.4) is 0 Å². The number of rotatable bonds is 7. The average molecular weight is 354 g/mol. The van der Waals surface area contributed by atoms with Crippen molar-refractivity contribution in [3.05, 3.63) is 40.9 Å². The number of aromatic nitrogens is 3. The Balaban J connectivity index is 1.88. The van der Waals surface area contributed by atoms with Crippen LogP contribution in [0.2, 0.25) is 0 Å². The van der Waals surface area contributed by atoms with Crippen LogP contribution in [0.5, 0.6) is 0 Å². The lowest BCUT2D eigenvalue weighted by Gasteiger charge is -2.04. The summed E-state index contributed by atoms with van der Waals surface area (Å²) in [4.78, 5) is 17.3. The SMILES string of the molecule is CCCn1ncnc1CC(=O)CSc1cccc(Br)c1. The van der Waals surface area contributed by atoms with Gasteiger partial charge in [-0.2, -0.15) is 5.10 Å². The van der Waals surface area contributed by atoms with Gasteiger partial charge in [0.25, 0.3) is 0 Å². The first-order chi connectivity index (χ1) is 9.69. The van der Waals surface area contributed by atoms with E-state index in [1.54, 1.807) is 11.8 Å². The predicted molar refractivity (Wildman–Crippen MR) is 83.9 cm³/mol. The molecule has 106 valence electrons. The van der Waals surface area contributed by atoms with Gasteiger partial charge in [0.2, 0.25) is 0 Å². The number of hydrogen-bond acceptors (Lipinski definition) is 4. The second-order valence-corrected chi connectivity index (χ2v) is 6.33. The molecule has 0 saturated heterocycles. The Hall–Kier alpha value is -1.14. The van der Waals surface area contributed by atoms with Crippen molar-refractivity contribution in [1.29, 1.82) is 0 Å². The highest BCUT2D eigenvalue weighted by atomic mass is 79.9. The van der Waals surface area contributed by atoms with Gasteiger partial charge in [0, 0.05) is 15.9 Å². The lowest BCUT2D eigenvalue weighted by molar-refractivity contribution is -0.116. The molecule has 0 atom stereocenters. The third kappa shape index (κ3) is 4.45. The second-order valence-electron chi connectivity index (χ2n) is 4.36. The molecule has 1 aromatic carbocycles. The van der Waals surface area contributed by atoms with Crippen molar-refractivity contribution >= 4 is 33.5 Å². The molecule has 0 radical (unpaired) electrons. The number of halogens is 1. The minimum absolute atomic E-state index is 0.167. The van der Waals surface area contributed by atoms with Crippen molar-refractivity contribution in [2.45, 2.75) is 31.2 Å². The van der Waals surface area contributed by atoms with E-state index in [0.717, 1.165) is 28.2 Å². The molecule has 20 heavy (non-hydrogen) atoms. The summed E-state index contributed by atoms with van der Waals surface area (Å²) in [5.74, 6) is 1.38. The monoisotopic (exact) mass is 353 g/mol. The van der Waals surface area contributed by atoms with Crippen LogP contribution in [0.4, 0.5) is 0 Å². The van der Waals surface area contributed by atoms with Crippen LogP contribution < -0.4 is 0 Å². The Morgan fingerprint density at radius 3 is 3.05 bits per heavy atom. The van der Waals surface area contributed by atoms with Crippen LogP contribution in [0, 0.1) is 0 Å². The Kier molecular flexibility index (Phi) is 5.79. The highest BCUT2D eigenvalue weighted by Crippen LogP contribution is 2.22. The van der Waals surface area contributed by atoms with Gasteiger partial charge in [-0.1, -0.05) is 28.9 Å². The standard InChI is InChI=1S/C14H16BrN3OS/c1-2-6-18-14(16-10-17-18)8-12(19)9-20-13-5-3-4-11(15)7-13/h3-5,7,10H,2,6,8-9H2,1H3. The van der Waals surface area contributed by atoms with E-state index in [2.05, 4.69) is 32.9 Å². The van der Waals surface area contributed by atoms with Gasteiger partial charge in [0.1, 0.15) is 12.2 Å². The van der Waals surface area contributed by atoms with Crippen LogP contribution in [0.15, 0.2) is 40.0 Å². The van der Waals surface area contributed by atoms with Gasteiger partial charge in [-0.25, -0.2) is 9.67 Å². The Labute approximate surface area is 131 Å². The van der Waals surface area contributed by atoms with Gasteiger partial charge in [-0.05, 0) is 24.6 Å². The van der Waals surface area contributed by atoms with E-state index in [1.807, 2.05) is 28.9 Å². The van der Waals surface area contributed by atoms with E-state index in [4.69, 9.17) is 0 Å².